The molecule has 0 N–H and O–H groups in total. The number of likely N-dealkylation sites (tertiary alicyclic amines) is 1. The van der Waals surface area contributed by atoms with E-state index in [1.54, 1.807) is 18.6 Å². The molecule has 0 bridgehead atoms. The summed E-state index contributed by atoms with van der Waals surface area (Å²) in [5.74, 6) is 1.10. The first-order valence-corrected chi connectivity index (χ1v) is 9.62. The largest absolute Gasteiger partial charge is 0.493 e. The Morgan fingerprint density at radius 1 is 1.21 bits per heavy atom. The maximum Gasteiger partial charge on any atom is 0.258 e. The van der Waals surface area contributed by atoms with Crippen LogP contribution in [0.3, 0.4) is 0 Å². The zero-order valence-electron chi connectivity index (χ0n) is 15.9. The zero-order chi connectivity index (χ0) is 19.3. The van der Waals surface area contributed by atoms with Crippen molar-refractivity contribution in [3.05, 3.63) is 60.6 Å². The third-order valence-corrected chi connectivity index (χ3v) is 4.90. The van der Waals surface area contributed by atoms with Crippen molar-refractivity contribution in [2.45, 2.75) is 25.9 Å². The van der Waals surface area contributed by atoms with E-state index in [9.17, 15) is 4.79 Å². The molecule has 1 aromatic heterocycles. The Kier molecular flexibility index (Phi) is 5.37. The van der Waals surface area contributed by atoms with Crippen molar-refractivity contribution in [1.29, 1.82) is 0 Å². The molecule has 1 unspecified atom stereocenters. The highest BCUT2D eigenvalue weighted by atomic mass is 16.5. The van der Waals surface area contributed by atoms with Gasteiger partial charge >= 0.3 is 0 Å². The minimum Gasteiger partial charge on any atom is -0.493 e. The molecule has 1 atom stereocenters. The van der Waals surface area contributed by atoms with E-state index in [-0.39, 0.29) is 12.0 Å². The van der Waals surface area contributed by atoms with Gasteiger partial charge in [-0.25, -0.2) is 4.98 Å². The minimum atomic E-state index is -0.0973. The molecule has 1 fully saturated rings. The molecule has 1 aliphatic rings. The Morgan fingerprint density at radius 3 is 2.93 bits per heavy atom. The van der Waals surface area contributed by atoms with Crippen LogP contribution in [0.25, 0.3) is 10.8 Å². The van der Waals surface area contributed by atoms with Gasteiger partial charge in [-0.15, -0.1) is 0 Å². The number of carbonyl (C=O) groups excluding carboxylic acids is 1. The SMILES string of the molecule is CCOc1ccc2ccccc2c1C(=O)N1CCCC(Oc2cnccn2)C1. The lowest BCUT2D eigenvalue weighted by Gasteiger charge is -2.33. The molecule has 0 radical (unpaired) electrons. The van der Waals surface area contributed by atoms with Crippen LogP contribution in [0, 0.1) is 0 Å². The van der Waals surface area contributed by atoms with Crippen LogP contribution in [0.15, 0.2) is 55.0 Å². The van der Waals surface area contributed by atoms with Crippen LogP contribution in [0.5, 0.6) is 11.6 Å². The van der Waals surface area contributed by atoms with E-state index in [0.717, 1.165) is 23.6 Å². The Morgan fingerprint density at radius 2 is 2.11 bits per heavy atom. The standard InChI is InChI=1S/C22H23N3O3/c1-2-27-19-10-9-16-6-3-4-8-18(16)21(19)22(26)25-13-5-7-17(15-25)28-20-14-23-11-12-24-20/h3-4,6,8-12,14,17H,2,5,7,13,15H2,1H3. The first-order chi connectivity index (χ1) is 13.8. The molecule has 6 nitrogen and oxygen atoms in total. The number of nitrogens with zero attached hydrogens (tertiary/aromatic N) is 3. The summed E-state index contributed by atoms with van der Waals surface area (Å²) in [5.41, 5.74) is 0.625. The van der Waals surface area contributed by atoms with Gasteiger partial charge in [-0.2, -0.15) is 0 Å². The van der Waals surface area contributed by atoms with Crippen LogP contribution in [-0.2, 0) is 0 Å². The molecule has 4 rings (SSSR count). The number of piperidine rings is 1. The van der Waals surface area contributed by atoms with Gasteiger partial charge in [0.2, 0.25) is 5.88 Å². The first kappa shape index (κ1) is 18.2. The Labute approximate surface area is 164 Å². The quantitative estimate of drug-likeness (QED) is 0.678. The van der Waals surface area contributed by atoms with Gasteiger partial charge in [-0.3, -0.25) is 9.78 Å². The lowest BCUT2D eigenvalue weighted by atomic mass is 10.0. The number of benzene rings is 2. The fourth-order valence-corrected chi connectivity index (χ4v) is 3.64. The van der Waals surface area contributed by atoms with Gasteiger partial charge in [-0.1, -0.05) is 30.3 Å². The maximum atomic E-state index is 13.5. The normalized spacial score (nSPS) is 16.8. The topological polar surface area (TPSA) is 64.5 Å². The summed E-state index contributed by atoms with van der Waals surface area (Å²) in [4.78, 5) is 23.5. The fourth-order valence-electron chi connectivity index (χ4n) is 3.64. The number of rotatable bonds is 5. The highest BCUT2D eigenvalue weighted by Crippen LogP contribution is 2.30. The average Bonchev–Trinajstić information content (AvgIpc) is 2.74. The van der Waals surface area contributed by atoms with Crippen molar-refractivity contribution >= 4 is 16.7 Å². The maximum absolute atomic E-state index is 13.5. The van der Waals surface area contributed by atoms with Crippen molar-refractivity contribution in [3.63, 3.8) is 0 Å². The average molecular weight is 377 g/mol. The molecule has 0 spiro atoms. The third-order valence-electron chi connectivity index (χ3n) is 4.90. The van der Waals surface area contributed by atoms with Gasteiger partial charge in [0, 0.05) is 18.9 Å². The number of fused-ring (bicyclic) bond motifs is 1. The second-order valence-corrected chi connectivity index (χ2v) is 6.77. The lowest BCUT2D eigenvalue weighted by molar-refractivity contribution is 0.0525. The molecule has 144 valence electrons. The zero-order valence-corrected chi connectivity index (χ0v) is 15.9. The van der Waals surface area contributed by atoms with Gasteiger partial charge < -0.3 is 14.4 Å². The number of hydrogen-bond donors (Lipinski definition) is 0. The summed E-state index contributed by atoms with van der Waals surface area (Å²) in [6.45, 7) is 3.66. The van der Waals surface area contributed by atoms with E-state index >= 15 is 0 Å². The predicted molar refractivity (Wildman–Crippen MR) is 107 cm³/mol. The van der Waals surface area contributed by atoms with Crippen molar-refractivity contribution in [3.8, 4) is 11.6 Å². The van der Waals surface area contributed by atoms with Crippen LogP contribution < -0.4 is 9.47 Å². The molecule has 2 aromatic carbocycles. The summed E-state index contributed by atoms with van der Waals surface area (Å²) in [7, 11) is 0. The highest BCUT2D eigenvalue weighted by molar-refractivity contribution is 6.09. The number of carbonyl (C=O) groups is 1. The van der Waals surface area contributed by atoms with Crippen molar-refractivity contribution in [2.75, 3.05) is 19.7 Å². The van der Waals surface area contributed by atoms with Gasteiger partial charge in [0.1, 0.15) is 11.9 Å². The van der Waals surface area contributed by atoms with E-state index < -0.39 is 0 Å². The lowest BCUT2D eigenvalue weighted by Crippen LogP contribution is -2.44. The third kappa shape index (κ3) is 3.76. The van der Waals surface area contributed by atoms with Crippen LogP contribution in [0.4, 0.5) is 0 Å². The molecule has 6 heteroatoms. The first-order valence-electron chi connectivity index (χ1n) is 9.62. The van der Waals surface area contributed by atoms with E-state index in [1.807, 2.05) is 48.2 Å². The highest BCUT2D eigenvalue weighted by Gasteiger charge is 2.28. The van der Waals surface area contributed by atoms with Gasteiger partial charge in [-0.05, 0) is 36.6 Å². The molecule has 0 saturated carbocycles. The summed E-state index contributed by atoms with van der Waals surface area (Å²) in [6.07, 6.45) is 6.48. The molecule has 3 aromatic rings. The fraction of sp³-hybridized carbons (Fsp3) is 0.318. The summed E-state index contributed by atoms with van der Waals surface area (Å²) in [5, 5.41) is 1.94. The molecule has 1 amide bonds. The molecule has 2 heterocycles. The molecule has 0 aliphatic carbocycles. The van der Waals surface area contributed by atoms with E-state index in [4.69, 9.17) is 9.47 Å². The number of ether oxygens (including phenoxy) is 2. The van der Waals surface area contributed by atoms with Crippen molar-refractivity contribution in [1.82, 2.24) is 14.9 Å². The number of aromatic nitrogens is 2. The van der Waals surface area contributed by atoms with Gasteiger partial charge in [0.25, 0.3) is 5.91 Å². The van der Waals surface area contributed by atoms with Crippen LogP contribution >= 0.6 is 0 Å². The number of hydrogen-bond acceptors (Lipinski definition) is 5. The monoisotopic (exact) mass is 377 g/mol. The van der Waals surface area contributed by atoms with Crippen molar-refractivity contribution in [2.24, 2.45) is 0 Å². The Balaban J connectivity index is 1.60. The van der Waals surface area contributed by atoms with E-state index in [1.165, 1.54) is 0 Å². The van der Waals surface area contributed by atoms with Crippen LogP contribution in [-0.4, -0.2) is 46.6 Å². The Bertz CT molecular complexity index is 962. The molecule has 28 heavy (non-hydrogen) atoms. The van der Waals surface area contributed by atoms with E-state index in [2.05, 4.69) is 9.97 Å². The van der Waals surface area contributed by atoms with Gasteiger partial charge in [0.15, 0.2) is 0 Å². The number of amides is 1. The molecular formula is C22H23N3O3. The minimum absolute atomic E-state index is 0.0207. The second kappa shape index (κ2) is 8.25. The van der Waals surface area contributed by atoms with Crippen LogP contribution in [0.2, 0.25) is 0 Å². The summed E-state index contributed by atoms with van der Waals surface area (Å²) >= 11 is 0. The van der Waals surface area contributed by atoms with Crippen molar-refractivity contribution < 1.29 is 14.3 Å². The van der Waals surface area contributed by atoms with Crippen LogP contribution in [0.1, 0.15) is 30.1 Å². The van der Waals surface area contributed by atoms with E-state index in [0.29, 0.717) is 36.9 Å². The molecular weight excluding hydrogens is 354 g/mol. The molecule has 1 saturated heterocycles. The smallest absolute Gasteiger partial charge is 0.258 e. The second-order valence-electron chi connectivity index (χ2n) is 6.77. The Hall–Kier alpha value is -3.15. The molecule has 1 aliphatic heterocycles. The predicted octanol–water partition coefficient (Wildman–Crippen LogP) is 3.71. The summed E-state index contributed by atoms with van der Waals surface area (Å²) in [6, 6.07) is 11.8. The summed E-state index contributed by atoms with van der Waals surface area (Å²) < 4.78 is 11.7. The van der Waals surface area contributed by atoms with Gasteiger partial charge in [0.05, 0.1) is 24.9 Å².